The highest BCUT2D eigenvalue weighted by Crippen LogP contribution is 2.45. The largest absolute Gasteiger partial charge is 0.311 e. The van der Waals surface area contributed by atoms with Crippen molar-refractivity contribution in [3.63, 3.8) is 0 Å². The molecule has 0 heterocycles. The number of hydrogen-bond donors (Lipinski definition) is 0. The predicted molar refractivity (Wildman–Crippen MR) is 290 cm³/mol. The molecule has 2 heteroatoms. The van der Waals surface area contributed by atoms with Crippen LogP contribution in [0.3, 0.4) is 0 Å². The summed E-state index contributed by atoms with van der Waals surface area (Å²) in [6, 6.07) is 101. The smallest absolute Gasteiger partial charge is 0.0463 e. The lowest BCUT2D eigenvalue weighted by Gasteiger charge is -2.28. The molecule has 12 rings (SSSR count). The molecular weight excluding hydrogens is 821 g/mol. The monoisotopic (exact) mass is 866 g/mol. The van der Waals surface area contributed by atoms with Crippen molar-refractivity contribution >= 4 is 66.4 Å². The van der Waals surface area contributed by atoms with E-state index < -0.39 is 0 Å². The van der Waals surface area contributed by atoms with Crippen molar-refractivity contribution in [2.45, 2.75) is 0 Å². The van der Waals surface area contributed by atoms with Gasteiger partial charge in [0, 0.05) is 34.1 Å². The predicted octanol–water partition coefficient (Wildman–Crippen LogP) is 18.8. The molecule has 0 radical (unpaired) electrons. The zero-order valence-corrected chi connectivity index (χ0v) is 37.5. The van der Waals surface area contributed by atoms with Gasteiger partial charge < -0.3 is 9.80 Å². The van der Waals surface area contributed by atoms with Gasteiger partial charge in [-0.3, -0.25) is 0 Å². The van der Waals surface area contributed by atoms with Crippen molar-refractivity contribution in [1.82, 2.24) is 0 Å². The topological polar surface area (TPSA) is 6.48 Å². The van der Waals surface area contributed by atoms with E-state index >= 15 is 0 Å². The number of rotatable bonds is 10. The lowest BCUT2D eigenvalue weighted by atomic mass is 9.86. The number of fused-ring (bicyclic) bond motifs is 3. The summed E-state index contributed by atoms with van der Waals surface area (Å²) in [5.41, 5.74) is 16.3. The van der Waals surface area contributed by atoms with Crippen LogP contribution in [0.15, 0.2) is 279 Å². The SMILES string of the molecule is c1ccc(-c2c3ccccc3c(-c3ccc(N(c4ccccc4)c4ccc(N(c5ccccc5)c5ccc(-c6ccc(-c7ccc8ccccc8c7)cc6)cc5)cc4)cc3)c3ccccc23)cc1. The zero-order valence-electron chi connectivity index (χ0n) is 37.5. The third-order valence-corrected chi connectivity index (χ3v) is 13.2. The molecule has 0 amide bonds. The fraction of sp³-hybridized carbons (Fsp3) is 0. The van der Waals surface area contributed by atoms with E-state index in [-0.39, 0.29) is 0 Å². The van der Waals surface area contributed by atoms with Crippen LogP contribution in [-0.4, -0.2) is 0 Å². The first-order valence-electron chi connectivity index (χ1n) is 23.3. The third-order valence-electron chi connectivity index (χ3n) is 13.2. The minimum atomic E-state index is 1.08. The van der Waals surface area contributed by atoms with E-state index in [1.807, 2.05) is 0 Å². The summed E-state index contributed by atoms with van der Waals surface area (Å²) in [6.07, 6.45) is 0. The molecule has 0 spiro atoms. The first-order valence-corrected chi connectivity index (χ1v) is 23.3. The van der Waals surface area contributed by atoms with Gasteiger partial charge in [0.2, 0.25) is 0 Å². The number of hydrogen-bond acceptors (Lipinski definition) is 2. The van der Waals surface area contributed by atoms with Gasteiger partial charge in [-0.1, -0.05) is 200 Å². The second kappa shape index (κ2) is 17.8. The average molecular weight is 867 g/mol. The van der Waals surface area contributed by atoms with Gasteiger partial charge >= 0.3 is 0 Å². The Bertz CT molecular complexity index is 3620. The summed E-state index contributed by atoms with van der Waals surface area (Å²) in [7, 11) is 0. The fourth-order valence-electron chi connectivity index (χ4n) is 9.96. The molecule has 0 aliphatic heterocycles. The molecule has 0 aliphatic carbocycles. The molecule has 0 saturated heterocycles. The van der Waals surface area contributed by atoms with Crippen LogP contribution in [0.5, 0.6) is 0 Å². The molecule has 0 unspecified atom stereocenters. The zero-order chi connectivity index (χ0) is 45.2. The quantitative estimate of drug-likeness (QED) is 0.126. The van der Waals surface area contributed by atoms with E-state index in [4.69, 9.17) is 0 Å². The molecule has 12 aromatic rings. The molecule has 0 bridgehead atoms. The van der Waals surface area contributed by atoms with Gasteiger partial charge in [0.25, 0.3) is 0 Å². The van der Waals surface area contributed by atoms with E-state index in [9.17, 15) is 0 Å². The first-order chi connectivity index (χ1) is 33.7. The lowest BCUT2D eigenvalue weighted by molar-refractivity contribution is 1.26. The second-order valence-corrected chi connectivity index (χ2v) is 17.3. The average Bonchev–Trinajstić information content (AvgIpc) is 3.42. The molecule has 0 saturated carbocycles. The summed E-state index contributed by atoms with van der Waals surface area (Å²) in [6.45, 7) is 0. The van der Waals surface area contributed by atoms with Gasteiger partial charge in [-0.15, -0.1) is 0 Å². The van der Waals surface area contributed by atoms with Gasteiger partial charge in [-0.05, 0) is 156 Å². The van der Waals surface area contributed by atoms with Crippen molar-refractivity contribution in [3.8, 4) is 44.5 Å². The van der Waals surface area contributed by atoms with Crippen LogP contribution >= 0.6 is 0 Å². The lowest BCUT2D eigenvalue weighted by Crippen LogP contribution is -2.12. The van der Waals surface area contributed by atoms with Gasteiger partial charge in [0.15, 0.2) is 0 Å². The maximum absolute atomic E-state index is 2.34. The number of benzene rings is 12. The van der Waals surface area contributed by atoms with E-state index in [0.717, 1.165) is 34.1 Å². The van der Waals surface area contributed by atoms with Crippen LogP contribution in [0, 0.1) is 0 Å². The summed E-state index contributed by atoms with van der Waals surface area (Å²) < 4.78 is 0. The van der Waals surface area contributed by atoms with Crippen LogP contribution in [0.4, 0.5) is 34.1 Å². The second-order valence-electron chi connectivity index (χ2n) is 17.3. The van der Waals surface area contributed by atoms with E-state index in [2.05, 4.69) is 289 Å². The van der Waals surface area contributed by atoms with Crippen molar-refractivity contribution in [1.29, 1.82) is 0 Å². The van der Waals surface area contributed by atoms with Crippen LogP contribution in [0.2, 0.25) is 0 Å². The Kier molecular flexibility index (Phi) is 10.6. The fourth-order valence-corrected chi connectivity index (χ4v) is 9.96. The van der Waals surface area contributed by atoms with E-state index in [1.54, 1.807) is 0 Å². The van der Waals surface area contributed by atoms with Crippen molar-refractivity contribution in [2.24, 2.45) is 0 Å². The summed E-state index contributed by atoms with van der Waals surface area (Å²) >= 11 is 0. The van der Waals surface area contributed by atoms with Gasteiger partial charge in [0.1, 0.15) is 0 Å². The third kappa shape index (κ3) is 7.64. The van der Waals surface area contributed by atoms with Crippen LogP contribution in [-0.2, 0) is 0 Å². The van der Waals surface area contributed by atoms with Crippen LogP contribution in [0.25, 0.3) is 76.8 Å². The highest BCUT2D eigenvalue weighted by atomic mass is 15.2. The normalized spacial score (nSPS) is 11.2. The number of anilines is 6. The van der Waals surface area contributed by atoms with E-state index in [1.165, 1.54) is 76.8 Å². The number of para-hydroxylation sites is 2. The molecule has 0 aliphatic rings. The summed E-state index contributed by atoms with van der Waals surface area (Å²) in [4.78, 5) is 4.67. The highest BCUT2D eigenvalue weighted by molar-refractivity contribution is 6.21. The minimum Gasteiger partial charge on any atom is -0.311 e. The molecule has 68 heavy (non-hydrogen) atoms. The van der Waals surface area contributed by atoms with E-state index in [0.29, 0.717) is 0 Å². The van der Waals surface area contributed by atoms with Crippen LogP contribution in [0.1, 0.15) is 0 Å². The Morgan fingerprint density at radius 2 is 0.456 bits per heavy atom. The van der Waals surface area contributed by atoms with Gasteiger partial charge in [-0.25, -0.2) is 0 Å². The van der Waals surface area contributed by atoms with Gasteiger partial charge in [0.05, 0.1) is 0 Å². The Morgan fingerprint density at radius 1 is 0.176 bits per heavy atom. The Balaban J connectivity index is 0.869. The number of nitrogens with zero attached hydrogens (tertiary/aromatic N) is 2. The minimum absolute atomic E-state index is 1.08. The van der Waals surface area contributed by atoms with Gasteiger partial charge in [-0.2, -0.15) is 0 Å². The molecule has 0 fully saturated rings. The van der Waals surface area contributed by atoms with Crippen molar-refractivity contribution < 1.29 is 0 Å². The molecule has 0 N–H and O–H groups in total. The van der Waals surface area contributed by atoms with Crippen molar-refractivity contribution in [2.75, 3.05) is 9.80 Å². The molecule has 0 atom stereocenters. The van der Waals surface area contributed by atoms with Crippen LogP contribution < -0.4 is 9.80 Å². The molecule has 2 nitrogen and oxygen atoms in total. The molecule has 12 aromatic carbocycles. The maximum Gasteiger partial charge on any atom is 0.0463 e. The summed E-state index contributed by atoms with van der Waals surface area (Å²) in [5, 5.41) is 7.52. The summed E-state index contributed by atoms with van der Waals surface area (Å²) in [5.74, 6) is 0. The standard InChI is InChI=1S/C66H46N2/c1-4-17-51(18-5-1)65-61-24-12-14-26-63(61)66(64-27-15-13-25-62(64)65)52-36-40-58(41-37-52)68(56-22-8-3-9-23-56)60-44-42-59(43-45-60)67(55-20-6-2-7-21-55)57-38-34-49(35-39-57)48-28-30-50(31-29-48)54-33-32-47-16-10-11-19-53(47)46-54/h1-46H. The maximum atomic E-state index is 2.34. The Morgan fingerprint density at radius 3 is 0.897 bits per heavy atom. The molecule has 320 valence electrons. The Hall–Kier alpha value is -8.98. The molecular formula is C66H46N2. The Labute approximate surface area is 397 Å². The first kappa shape index (κ1) is 40.5. The van der Waals surface area contributed by atoms with Crippen molar-refractivity contribution in [3.05, 3.63) is 279 Å². The highest BCUT2D eigenvalue weighted by Gasteiger charge is 2.19. The molecule has 0 aromatic heterocycles.